The van der Waals surface area contributed by atoms with Crippen molar-refractivity contribution in [3.05, 3.63) is 76.6 Å². The van der Waals surface area contributed by atoms with Gasteiger partial charge >= 0.3 is 0 Å². The number of benzene rings is 2. The molecular formula is C23H24N4O4. The SMILES string of the molecule is C[C@@H](OCc1ccccc1)C(=O)N1CCN(c2ccc([N+](=O)[O-])c3cnccc23)CC1. The first-order valence-electron chi connectivity index (χ1n) is 10.2. The number of rotatable bonds is 6. The van der Waals surface area contributed by atoms with Gasteiger partial charge in [0.1, 0.15) is 6.10 Å². The summed E-state index contributed by atoms with van der Waals surface area (Å²) >= 11 is 0. The zero-order valence-corrected chi connectivity index (χ0v) is 17.3. The molecule has 1 aliphatic rings. The Kier molecular flexibility index (Phi) is 6.08. The molecule has 0 N–H and O–H groups in total. The van der Waals surface area contributed by atoms with Crippen LogP contribution in [0.25, 0.3) is 10.8 Å². The number of amides is 1. The first-order valence-corrected chi connectivity index (χ1v) is 10.2. The summed E-state index contributed by atoms with van der Waals surface area (Å²) in [5.41, 5.74) is 2.00. The lowest BCUT2D eigenvalue weighted by Crippen LogP contribution is -2.51. The molecule has 1 aliphatic heterocycles. The van der Waals surface area contributed by atoms with Crippen LogP contribution in [0, 0.1) is 10.1 Å². The van der Waals surface area contributed by atoms with Crippen LogP contribution >= 0.6 is 0 Å². The Morgan fingerprint density at radius 3 is 2.55 bits per heavy atom. The van der Waals surface area contributed by atoms with Crippen molar-refractivity contribution in [2.75, 3.05) is 31.1 Å². The Morgan fingerprint density at radius 2 is 1.84 bits per heavy atom. The number of piperazine rings is 1. The second kappa shape index (κ2) is 9.09. The molecule has 3 aromatic rings. The predicted molar refractivity (Wildman–Crippen MR) is 118 cm³/mol. The molecule has 160 valence electrons. The van der Waals surface area contributed by atoms with Crippen molar-refractivity contribution in [3.63, 3.8) is 0 Å². The van der Waals surface area contributed by atoms with Gasteiger partial charge in [-0.25, -0.2) is 0 Å². The predicted octanol–water partition coefficient (Wildman–Crippen LogP) is 3.40. The molecule has 1 atom stereocenters. The van der Waals surface area contributed by atoms with Crippen LogP contribution < -0.4 is 4.90 Å². The molecule has 0 spiro atoms. The molecule has 0 unspecified atom stereocenters. The average molecular weight is 420 g/mol. The third-order valence-corrected chi connectivity index (χ3v) is 5.59. The zero-order chi connectivity index (χ0) is 21.8. The van der Waals surface area contributed by atoms with E-state index in [4.69, 9.17) is 4.74 Å². The summed E-state index contributed by atoms with van der Waals surface area (Å²) in [6, 6.07) is 14.9. The van der Waals surface area contributed by atoms with Gasteiger partial charge in [0, 0.05) is 55.7 Å². The number of pyridine rings is 1. The number of nitro groups is 1. The number of anilines is 1. The Bertz CT molecular complexity index is 1080. The topological polar surface area (TPSA) is 88.8 Å². The molecule has 1 saturated heterocycles. The van der Waals surface area contributed by atoms with Gasteiger partial charge in [-0.3, -0.25) is 19.9 Å². The van der Waals surface area contributed by atoms with E-state index in [1.54, 1.807) is 25.3 Å². The van der Waals surface area contributed by atoms with E-state index >= 15 is 0 Å². The second-order valence-corrected chi connectivity index (χ2v) is 7.53. The molecular weight excluding hydrogens is 396 g/mol. The summed E-state index contributed by atoms with van der Waals surface area (Å²) in [6.45, 7) is 4.62. The number of non-ortho nitro benzene ring substituents is 1. The largest absolute Gasteiger partial charge is 0.367 e. The van der Waals surface area contributed by atoms with Crippen LogP contribution in [0.2, 0.25) is 0 Å². The smallest absolute Gasteiger partial charge is 0.278 e. The van der Waals surface area contributed by atoms with E-state index in [0.29, 0.717) is 38.2 Å². The fourth-order valence-electron chi connectivity index (χ4n) is 3.89. The lowest BCUT2D eigenvalue weighted by atomic mass is 10.1. The molecule has 31 heavy (non-hydrogen) atoms. The minimum Gasteiger partial charge on any atom is -0.367 e. The normalized spacial score (nSPS) is 15.1. The van der Waals surface area contributed by atoms with Gasteiger partial charge in [-0.15, -0.1) is 0 Å². The van der Waals surface area contributed by atoms with Gasteiger partial charge in [0.05, 0.1) is 16.9 Å². The fraction of sp³-hybridized carbons (Fsp3) is 0.304. The third-order valence-electron chi connectivity index (χ3n) is 5.59. The highest BCUT2D eigenvalue weighted by Gasteiger charge is 2.27. The average Bonchev–Trinajstić information content (AvgIpc) is 2.82. The molecule has 4 rings (SSSR count). The third kappa shape index (κ3) is 4.49. The lowest BCUT2D eigenvalue weighted by molar-refractivity contribution is -0.383. The van der Waals surface area contributed by atoms with Gasteiger partial charge in [-0.05, 0) is 24.6 Å². The van der Waals surface area contributed by atoms with Crippen molar-refractivity contribution in [1.29, 1.82) is 0 Å². The fourth-order valence-corrected chi connectivity index (χ4v) is 3.89. The maximum absolute atomic E-state index is 12.8. The van der Waals surface area contributed by atoms with Crippen molar-refractivity contribution >= 4 is 28.1 Å². The Hall–Kier alpha value is -3.52. The Morgan fingerprint density at radius 1 is 1.10 bits per heavy atom. The second-order valence-electron chi connectivity index (χ2n) is 7.53. The molecule has 1 fully saturated rings. The van der Waals surface area contributed by atoms with E-state index in [9.17, 15) is 14.9 Å². The van der Waals surface area contributed by atoms with Crippen LogP contribution in [0.15, 0.2) is 60.9 Å². The van der Waals surface area contributed by atoms with Gasteiger partial charge in [0.2, 0.25) is 0 Å². The van der Waals surface area contributed by atoms with Crippen LogP contribution in [-0.2, 0) is 16.1 Å². The van der Waals surface area contributed by atoms with E-state index < -0.39 is 6.10 Å². The van der Waals surface area contributed by atoms with Gasteiger partial charge in [-0.1, -0.05) is 30.3 Å². The van der Waals surface area contributed by atoms with Crippen molar-refractivity contribution in [2.45, 2.75) is 19.6 Å². The minimum absolute atomic E-state index is 0.0201. The lowest BCUT2D eigenvalue weighted by Gasteiger charge is -2.37. The maximum Gasteiger partial charge on any atom is 0.278 e. The van der Waals surface area contributed by atoms with E-state index in [0.717, 1.165) is 16.6 Å². The van der Waals surface area contributed by atoms with Gasteiger partial charge in [-0.2, -0.15) is 0 Å². The number of fused-ring (bicyclic) bond motifs is 1. The van der Waals surface area contributed by atoms with Crippen molar-refractivity contribution < 1.29 is 14.5 Å². The molecule has 0 radical (unpaired) electrons. The number of nitro benzene ring substituents is 1. The number of ether oxygens (including phenoxy) is 1. The molecule has 0 aliphatic carbocycles. The number of aromatic nitrogens is 1. The summed E-state index contributed by atoms with van der Waals surface area (Å²) in [4.78, 5) is 31.8. The molecule has 8 heteroatoms. The molecule has 8 nitrogen and oxygen atoms in total. The first-order chi connectivity index (χ1) is 15.0. The van der Waals surface area contributed by atoms with Crippen LogP contribution in [-0.4, -0.2) is 53.0 Å². The van der Waals surface area contributed by atoms with Crippen LogP contribution in [0.4, 0.5) is 11.4 Å². The highest BCUT2D eigenvalue weighted by atomic mass is 16.6. The van der Waals surface area contributed by atoms with Crippen LogP contribution in [0.5, 0.6) is 0 Å². The van der Waals surface area contributed by atoms with E-state index in [-0.39, 0.29) is 16.5 Å². The van der Waals surface area contributed by atoms with E-state index in [1.807, 2.05) is 35.2 Å². The summed E-state index contributed by atoms with van der Waals surface area (Å²) in [6.07, 6.45) is 2.65. The summed E-state index contributed by atoms with van der Waals surface area (Å²) in [5.74, 6) is -0.0201. The number of hydrogen-bond donors (Lipinski definition) is 0. The standard InChI is InChI=1S/C23H24N4O4/c1-17(31-16-18-5-3-2-4-6-18)23(28)26-13-11-25(12-14-26)21-7-8-22(27(29)30)20-15-24-10-9-19(20)21/h2-10,15,17H,11-14,16H2,1H3/t17-/m1/s1. The van der Waals surface area contributed by atoms with E-state index in [1.165, 1.54) is 12.3 Å². The zero-order valence-electron chi connectivity index (χ0n) is 17.3. The molecule has 2 aromatic carbocycles. The summed E-state index contributed by atoms with van der Waals surface area (Å²) in [5, 5.41) is 12.7. The number of nitrogens with zero attached hydrogens (tertiary/aromatic N) is 4. The highest BCUT2D eigenvalue weighted by molar-refractivity contribution is 5.99. The van der Waals surface area contributed by atoms with Gasteiger partial charge in [0.15, 0.2) is 0 Å². The quantitative estimate of drug-likeness (QED) is 0.449. The molecule has 1 aromatic heterocycles. The van der Waals surface area contributed by atoms with Crippen molar-refractivity contribution in [3.8, 4) is 0 Å². The monoisotopic (exact) mass is 420 g/mol. The number of carbonyl (C=O) groups is 1. The molecule has 0 saturated carbocycles. The number of hydrogen-bond acceptors (Lipinski definition) is 6. The van der Waals surface area contributed by atoms with Crippen molar-refractivity contribution in [1.82, 2.24) is 9.88 Å². The summed E-state index contributed by atoms with van der Waals surface area (Å²) in [7, 11) is 0. The molecule has 2 heterocycles. The first kappa shape index (κ1) is 20.7. The highest BCUT2D eigenvalue weighted by Crippen LogP contribution is 2.33. The van der Waals surface area contributed by atoms with Crippen LogP contribution in [0.1, 0.15) is 12.5 Å². The minimum atomic E-state index is -0.516. The van der Waals surface area contributed by atoms with Crippen LogP contribution in [0.3, 0.4) is 0 Å². The summed E-state index contributed by atoms with van der Waals surface area (Å²) < 4.78 is 5.77. The Balaban J connectivity index is 1.40. The van der Waals surface area contributed by atoms with Gasteiger partial charge < -0.3 is 14.5 Å². The maximum atomic E-state index is 12.8. The number of carbonyl (C=O) groups excluding carboxylic acids is 1. The van der Waals surface area contributed by atoms with Gasteiger partial charge in [0.25, 0.3) is 11.6 Å². The molecule has 1 amide bonds. The Labute approximate surface area is 180 Å². The van der Waals surface area contributed by atoms with Crippen molar-refractivity contribution in [2.24, 2.45) is 0 Å². The molecule has 0 bridgehead atoms. The van der Waals surface area contributed by atoms with E-state index in [2.05, 4.69) is 9.88 Å².